The topological polar surface area (TPSA) is 12.0 Å². The summed E-state index contributed by atoms with van der Waals surface area (Å²) >= 11 is 3.20. The van der Waals surface area contributed by atoms with Crippen molar-refractivity contribution in [3.8, 4) is 0 Å². The van der Waals surface area contributed by atoms with Gasteiger partial charge in [0.15, 0.2) is 0 Å². The lowest BCUT2D eigenvalue weighted by Crippen LogP contribution is -2.23. The molecule has 0 aliphatic heterocycles. The van der Waals surface area contributed by atoms with Crippen molar-refractivity contribution in [2.75, 3.05) is 6.54 Å². The van der Waals surface area contributed by atoms with Gasteiger partial charge in [0.25, 0.3) is 0 Å². The molecule has 1 atom stereocenters. The Morgan fingerprint density at radius 2 is 2.24 bits per heavy atom. The summed E-state index contributed by atoms with van der Waals surface area (Å²) in [5, 5.41) is 3.44. The van der Waals surface area contributed by atoms with Crippen LogP contribution in [0.2, 0.25) is 0 Å². The fourth-order valence-corrected chi connectivity index (χ4v) is 2.54. The van der Waals surface area contributed by atoms with Crippen molar-refractivity contribution in [1.29, 1.82) is 0 Å². The zero-order valence-corrected chi connectivity index (χ0v) is 11.3. The average molecular weight is 298 g/mol. The summed E-state index contributed by atoms with van der Waals surface area (Å²) in [4.78, 5) is 0. The van der Waals surface area contributed by atoms with Gasteiger partial charge < -0.3 is 5.32 Å². The summed E-state index contributed by atoms with van der Waals surface area (Å²) in [7, 11) is 0. The van der Waals surface area contributed by atoms with E-state index in [0.717, 1.165) is 24.6 Å². The first kappa shape index (κ1) is 12.8. The minimum absolute atomic E-state index is 0.203. The molecule has 1 unspecified atom stereocenters. The number of nitrogens with one attached hydrogen (secondary N) is 1. The third-order valence-electron chi connectivity index (χ3n) is 3.12. The molecule has 0 radical (unpaired) electrons. The molecular formula is C14H17BrFN. The van der Waals surface area contributed by atoms with Gasteiger partial charge in [-0.25, -0.2) is 4.39 Å². The molecule has 1 aromatic rings. The van der Waals surface area contributed by atoms with Crippen molar-refractivity contribution in [1.82, 2.24) is 5.32 Å². The van der Waals surface area contributed by atoms with Gasteiger partial charge in [0.1, 0.15) is 5.82 Å². The van der Waals surface area contributed by atoms with Crippen molar-refractivity contribution < 1.29 is 4.39 Å². The second kappa shape index (κ2) is 6.31. The van der Waals surface area contributed by atoms with Crippen LogP contribution in [0.5, 0.6) is 0 Å². The Labute approximate surface area is 110 Å². The molecule has 1 N–H and O–H groups in total. The van der Waals surface area contributed by atoms with E-state index in [1.54, 1.807) is 0 Å². The molecule has 0 saturated carbocycles. The van der Waals surface area contributed by atoms with Gasteiger partial charge in [-0.05, 0) is 65.4 Å². The van der Waals surface area contributed by atoms with Crippen LogP contribution in [0.25, 0.3) is 0 Å². The second-order valence-electron chi connectivity index (χ2n) is 4.53. The minimum atomic E-state index is -0.203. The third kappa shape index (κ3) is 3.93. The van der Waals surface area contributed by atoms with Crippen molar-refractivity contribution in [3.63, 3.8) is 0 Å². The molecule has 17 heavy (non-hydrogen) atoms. The van der Waals surface area contributed by atoms with E-state index in [-0.39, 0.29) is 5.82 Å². The molecule has 3 heteroatoms. The molecular weight excluding hydrogens is 281 g/mol. The zero-order valence-electron chi connectivity index (χ0n) is 9.76. The molecule has 0 aromatic heterocycles. The average Bonchev–Trinajstić information content (AvgIpc) is 2.35. The van der Waals surface area contributed by atoms with Crippen LogP contribution in [-0.2, 0) is 6.54 Å². The van der Waals surface area contributed by atoms with Gasteiger partial charge in [-0.2, -0.15) is 0 Å². The number of hydrogen-bond acceptors (Lipinski definition) is 1. The number of hydrogen-bond donors (Lipinski definition) is 1. The Bertz CT molecular complexity index is 403. The summed E-state index contributed by atoms with van der Waals surface area (Å²) in [5.41, 5.74) is 1.12. The molecule has 0 bridgehead atoms. The number of halogens is 2. The highest BCUT2D eigenvalue weighted by Gasteiger charge is 2.09. The smallest absolute Gasteiger partial charge is 0.137 e. The standard InChI is InChI=1S/C14H17BrFN/c15-13-8-12(6-7-14(13)16)10-17-9-11-4-2-1-3-5-11/h1-2,6-8,11,17H,3-5,9-10H2. The lowest BCUT2D eigenvalue weighted by atomic mass is 9.94. The maximum atomic E-state index is 13.0. The maximum absolute atomic E-state index is 13.0. The van der Waals surface area contributed by atoms with Crippen LogP contribution >= 0.6 is 15.9 Å². The summed E-state index contributed by atoms with van der Waals surface area (Å²) in [6, 6.07) is 5.17. The van der Waals surface area contributed by atoms with Crippen LogP contribution in [-0.4, -0.2) is 6.54 Å². The molecule has 92 valence electrons. The van der Waals surface area contributed by atoms with Gasteiger partial charge in [-0.1, -0.05) is 18.2 Å². The Hall–Kier alpha value is -0.670. The van der Waals surface area contributed by atoms with E-state index in [1.165, 1.54) is 25.3 Å². The first-order valence-electron chi connectivity index (χ1n) is 6.05. The van der Waals surface area contributed by atoms with Gasteiger partial charge >= 0.3 is 0 Å². The van der Waals surface area contributed by atoms with Crippen molar-refractivity contribution in [2.24, 2.45) is 5.92 Å². The lowest BCUT2D eigenvalue weighted by Gasteiger charge is -2.18. The van der Waals surface area contributed by atoms with Crippen LogP contribution in [0.3, 0.4) is 0 Å². The van der Waals surface area contributed by atoms with Gasteiger partial charge in [-0.3, -0.25) is 0 Å². The predicted octanol–water partition coefficient (Wildman–Crippen LogP) is 4.03. The first-order valence-corrected chi connectivity index (χ1v) is 6.84. The van der Waals surface area contributed by atoms with Crippen molar-refractivity contribution in [2.45, 2.75) is 25.8 Å². The molecule has 1 aliphatic carbocycles. The van der Waals surface area contributed by atoms with Gasteiger partial charge in [-0.15, -0.1) is 0 Å². The summed E-state index contributed by atoms with van der Waals surface area (Å²) in [6.45, 7) is 1.85. The molecule has 0 saturated heterocycles. The highest BCUT2D eigenvalue weighted by molar-refractivity contribution is 9.10. The SMILES string of the molecule is Fc1ccc(CNCC2CC=CCC2)cc1Br. The van der Waals surface area contributed by atoms with Crippen LogP contribution in [0.1, 0.15) is 24.8 Å². The van der Waals surface area contributed by atoms with Gasteiger partial charge in [0, 0.05) is 6.54 Å². The molecule has 1 aliphatic rings. The summed E-state index contributed by atoms with van der Waals surface area (Å²) in [6.07, 6.45) is 8.18. The monoisotopic (exact) mass is 297 g/mol. The molecule has 0 spiro atoms. The Morgan fingerprint density at radius 3 is 2.94 bits per heavy atom. The molecule has 0 amide bonds. The molecule has 0 fully saturated rings. The summed E-state index contributed by atoms with van der Waals surface area (Å²) < 4.78 is 13.6. The van der Waals surface area contributed by atoms with E-state index in [2.05, 4.69) is 33.4 Å². The molecule has 1 nitrogen and oxygen atoms in total. The fourth-order valence-electron chi connectivity index (χ4n) is 2.11. The number of benzene rings is 1. The van der Waals surface area contributed by atoms with Crippen molar-refractivity contribution >= 4 is 15.9 Å². The Kier molecular flexibility index (Phi) is 4.75. The molecule has 1 aromatic carbocycles. The fraction of sp³-hybridized carbons (Fsp3) is 0.429. The lowest BCUT2D eigenvalue weighted by molar-refractivity contribution is 0.440. The van der Waals surface area contributed by atoms with E-state index >= 15 is 0 Å². The largest absolute Gasteiger partial charge is 0.312 e. The van der Waals surface area contributed by atoms with E-state index in [4.69, 9.17) is 0 Å². The Balaban J connectivity index is 1.77. The zero-order chi connectivity index (χ0) is 12.1. The van der Waals surface area contributed by atoms with E-state index in [9.17, 15) is 4.39 Å². The van der Waals surface area contributed by atoms with Crippen LogP contribution in [0, 0.1) is 11.7 Å². The molecule has 0 heterocycles. The van der Waals surface area contributed by atoms with E-state index in [0.29, 0.717) is 4.47 Å². The number of allylic oxidation sites excluding steroid dienone is 2. The Morgan fingerprint density at radius 1 is 1.35 bits per heavy atom. The van der Waals surface area contributed by atoms with Gasteiger partial charge in [0.05, 0.1) is 4.47 Å². The van der Waals surface area contributed by atoms with Crippen molar-refractivity contribution in [3.05, 3.63) is 46.2 Å². The number of rotatable bonds is 4. The second-order valence-corrected chi connectivity index (χ2v) is 5.38. The normalized spacial score (nSPS) is 19.5. The van der Waals surface area contributed by atoms with E-state index < -0.39 is 0 Å². The third-order valence-corrected chi connectivity index (χ3v) is 3.73. The predicted molar refractivity (Wildman–Crippen MR) is 72.3 cm³/mol. The highest BCUT2D eigenvalue weighted by Crippen LogP contribution is 2.18. The van der Waals surface area contributed by atoms with Crippen LogP contribution in [0.4, 0.5) is 4.39 Å². The maximum Gasteiger partial charge on any atom is 0.137 e. The summed E-state index contributed by atoms with van der Waals surface area (Å²) in [5.74, 6) is 0.551. The quantitative estimate of drug-likeness (QED) is 0.827. The minimum Gasteiger partial charge on any atom is -0.312 e. The highest BCUT2D eigenvalue weighted by atomic mass is 79.9. The molecule has 2 rings (SSSR count). The van der Waals surface area contributed by atoms with Crippen LogP contribution in [0.15, 0.2) is 34.8 Å². The first-order chi connectivity index (χ1) is 8.25. The van der Waals surface area contributed by atoms with Crippen LogP contribution < -0.4 is 5.32 Å². The van der Waals surface area contributed by atoms with E-state index in [1.807, 2.05) is 12.1 Å². The van der Waals surface area contributed by atoms with Gasteiger partial charge in [0.2, 0.25) is 0 Å².